The number of rotatable bonds is 7. The second-order valence-electron chi connectivity index (χ2n) is 5.61. The number of hydrazone groups is 1. The normalized spacial score (nSPS) is 15.1. The molecule has 0 aliphatic carbocycles. The third-order valence-corrected chi connectivity index (χ3v) is 4.40. The summed E-state index contributed by atoms with van der Waals surface area (Å²) >= 11 is 3.42. The molecule has 1 aromatic carbocycles. The van der Waals surface area contributed by atoms with E-state index in [0.29, 0.717) is 13.0 Å². The quantitative estimate of drug-likeness (QED) is 0.584. The minimum Gasteiger partial charge on any atom is -0.333 e. The molecule has 2 rings (SSSR count). The summed E-state index contributed by atoms with van der Waals surface area (Å²) in [5.74, 6) is -0.176. The number of hydrogen-bond donors (Lipinski definition) is 1. The van der Waals surface area contributed by atoms with Gasteiger partial charge in [-0.1, -0.05) is 35.0 Å². The van der Waals surface area contributed by atoms with Gasteiger partial charge in [0, 0.05) is 23.1 Å². The molecule has 1 fully saturated rings. The average molecular weight is 380 g/mol. The van der Waals surface area contributed by atoms with Crippen molar-refractivity contribution in [3.63, 3.8) is 0 Å². The van der Waals surface area contributed by atoms with E-state index in [-0.39, 0.29) is 18.4 Å². The zero-order valence-electron chi connectivity index (χ0n) is 13.3. The third-order valence-electron chi connectivity index (χ3n) is 3.87. The summed E-state index contributed by atoms with van der Waals surface area (Å²) in [4.78, 5) is 24.9. The maximum absolute atomic E-state index is 11.9. The summed E-state index contributed by atoms with van der Waals surface area (Å²) in [5.41, 5.74) is 4.77. The number of aryl methyl sites for hydroxylation is 1. The zero-order chi connectivity index (χ0) is 16.7. The van der Waals surface area contributed by atoms with Gasteiger partial charge in [0.05, 0.1) is 0 Å². The molecule has 1 heterocycles. The number of halogens is 1. The van der Waals surface area contributed by atoms with Crippen molar-refractivity contribution in [1.29, 1.82) is 0 Å². The maximum atomic E-state index is 11.9. The third kappa shape index (κ3) is 5.78. The lowest BCUT2D eigenvalue weighted by Crippen LogP contribution is -2.36. The smallest absolute Gasteiger partial charge is 0.259 e. The molecule has 0 radical (unpaired) electrons. The van der Waals surface area contributed by atoms with Crippen LogP contribution in [0.2, 0.25) is 0 Å². The Hall–Kier alpha value is -1.69. The van der Waals surface area contributed by atoms with Crippen LogP contribution in [0.25, 0.3) is 0 Å². The molecular weight excluding hydrogens is 358 g/mol. The molecule has 0 saturated carbocycles. The molecule has 1 N–H and O–H groups in total. The van der Waals surface area contributed by atoms with E-state index >= 15 is 0 Å². The van der Waals surface area contributed by atoms with Crippen molar-refractivity contribution in [2.24, 2.45) is 5.10 Å². The lowest BCUT2D eigenvalue weighted by atomic mass is 10.1. The van der Waals surface area contributed by atoms with E-state index in [2.05, 4.69) is 38.6 Å². The predicted octanol–water partition coefficient (Wildman–Crippen LogP) is 2.89. The SMILES string of the molecule is CC/C(CCc1ccc(Br)cc1)=N\NC(=O)CN1CCCC1=O. The summed E-state index contributed by atoms with van der Waals surface area (Å²) in [7, 11) is 0. The van der Waals surface area contributed by atoms with Gasteiger partial charge < -0.3 is 4.90 Å². The zero-order valence-corrected chi connectivity index (χ0v) is 14.9. The fraction of sp³-hybridized carbons (Fsp3) is 0.471. The monoisotopic (exact) mass is 379 g/mol. The van der Waals surface area contributed by atoms with Gasteiger partial charge in [0.1, 0.15) is 6.54 Å². The molecule has 0 bridgehead atoms. The Balaban J connectivity index is 1.79. The van der Waals surface area contributed by atoms with Crippen molar-refractivity contribution in [3.05, 3.63) is 34.3 Å². The van der Waals surface area contributed by atoms with E-state index in [1.54, 1.807) is 4.90 Å². The largest absolute Gasteiger partial charge is 0.333 e. The fourth-order valence-electron chi connectivity index (χ4n) is 2.47. The Morgan fingerprint density at radius 1 is 1.35 bits per heavy atom. The molecule has 0 unspecified atom stereocenters. The van der Waals surface area contributed by atoms with Crippen molar-refractivity contribution in [2.45, 2.75) is 39.0 Å². The van der Waals surface area contributed by atoms with Crippen LogP contribution in [0.5, 0.6) is 0 Å². The number of benzene rings is 1. The maximum Gasteiger partial charge on any atom is 0.259 e. The molecule has 124 valence electrons. The minimum atomic E-state index is -0.227. The van der Waals surface area contributed by atoms with Crippen LogP contribution in [-0.4, -0.2) is 35.5 Å². The van der Waals surface area contributed by atoms with Crippen molar-refractivity contribution in [3.8, 4) is 0 Å². The first kappa shape index (κ1) is 17.7. The minimum absolute atomic E-state index is 0.0510. The summed E-state index contributed by atoms with van der Waals surface area (Å²) in [6.07, 6.45) is 3.87. The first-order valence-corrected chi connectivity index (χ1v) is 8.74. The van der Waals surface area contributed by atoms with Crippen LogP contribution < -0.4 is 5.43 Å². The van der Waals surface area contributed by atoms with Crippen molar-refractivity contribution in [2.75, 3.05) is 13.1 Å². The van der Waals surface area contributed by atoms with E-state index < -0.39 is 0 Å². The van der Waals surface area contributed by atoms with Crippen LogP contribution in [0.4, 0.5) is 0 Å². The summed E-state index contributed by atoms with van der Waals surface area (Å²) in [6.45, 7) is 2.79. The average Bonchev–Trinajstić information content (AvgIpc) is 2.94. The van der Waals surface area contributed by atoms with Crippen LogP contribution in [0.3, 0.4) is 0 Å². The predicted molar refractivity (Wildman–Crippen MR) is 94.1 cm³/mol. The van der Waals surface area contributed by atoms with Gasteiger partial charge in [-0.05, 0) is 43.4 Å². The van der Waals surface area contributed by atoms with Gasteiger partial charge in [0.2, 0.25) is 5.91 Å². The topological polar surface area (TPSA) is 61.8 Å². The second-order valence-corrected chi connectivity index (χ2v) is 6.53. The highest BCUT2D eigenvalue weighted by Crippen LogP contribution is 2.12. The molecule has 0 spiro atoms. The second kappa shape index (κ2) is 8.82. The highest BCUT2D eigenvalue weighted by Gasteiger charge is 2.22. The number of carbonyl (C=O) groups is 2. The Morgan fingerprint density at radius 3 is 2.70 bits per heavy atom. The molecule has 0 atom stereocenters. The van der Waals surface area contributed by atoms with E-state index in [4.69, 9.17) is 0 Å². The molecule has 1 aliphatic rings. The molecule has 23 heavy (non-hydrogen) atoms. The van der Waals surface area contributed by atoms with Gasteiger partial charge in [0.25, 0.3) is 5.91 Å². The summed E-state index contributed by atoms with van der Waals surface area (Å²) in [5, 5.41) is 4.21. The molecule has 5 nitrogen and oxygen atoms in total. The highest BCUT2D eigenvalue weighted by atomic mass is 79.9. The van der Waals surface area contributed by atoms with Gasteiger partial charge >= 0.3 is 0 Å². The molecule has 6 heteroatoms. The van der Waals surface area contributed by atoms with E-state index in [0.717, 1.165) is 35.9 Å². The number of hydrogen-bond acceptors (Lipinski definition) is 3. The number of nitrogens with zero attached hydrogens (tertiary/aromatic N) is 2. The number of likely N-dealkylation sites (tertiary alicyclic amines) is 1. The molecular formula is C17H22BrN3O2. The molecule has 2 amide bonds. The Bertz CT molecular complexity index is 584. The standard InChI is InChI=1S/C17H22BrN3O2/c1-2-15(10-7-13-5-8-14(18)9-6-13)19-20-16(22)12-21-11-3-4-17(21)23/h5-6,8-9H,2-4,7,10-12H2,1H3,(H,20,22)/b19-15+. The van der Waals surface area contributed by atoms with Crippen LogP contribution >= 0.6 is 15.9 Å². The summed E-state index contributed by atoms with van der Waals surface area (Å²) in [6, 6.07) is 8.20. The van der Waals surface area contributed by atoms with Gasteiger partial charge in [0.15, 0.2) is 0 Å². The van der Waals surface area contributed by atoms with Crippen molar-refractivity contribution in [1.82, 2.24) is 10.3 Å². The van der Waals surface area contributed by atoms with Gasteiger partial charge in [-0.2, -0.15) is 5.10 Å². The van der Waals surface area contributed by atoms with Gasteiger partial charge in [-0.25, -0.2) is 5.43 Å². The van der Waals surface area contributed by atoms with E-state index in [9.17, 15) is 9.59 Å². The Morgan fingerprint density at radius 2 is 2.09 bits per heavy atom. The van der Waals surface area contributed by atoms with E-state index in [1.165, 1.54) is 5.56 Å². The molecule has 1 saturated heterocycles. The molecule has 1 aliphatic heterocycles. The van der Waals surface area contributed by atoms with Crippen molar-refractivity contribution >= 4 is 33.5 Å². The van der Waals surface area contributed by atoms with Crippen LogP contribution in [0, 0.1) is 0 Å². The lowest BCUT2D eigenvalue weighted by Gasteiger charge is -2.13. The van der Waals surface area contributed by atoms with Gasteiger partial charge in [-0.3, -0.25) is 9.59 Å². The van der Waals surface area contributed by atoms with Crippen LogP contribution in [0.1, 0.15) is 38.2 Å². The molecule has 1 aromatic rings. The molecule has 0 aromatic heterocycles. The van der Waals surface area contributed by atoms with Crippen molar-refractivity contribution < 1.29 is 9.59 Å². The number of nitrogens with one attached hydrogen (secondary N) is 1. The number of amides is 2. The lowest BCUT2D eigenvalue weighted by molar-refractivity contribution is -0.133. The summed E-state index contributed by atoms with van der Waals surface area (Å²) < 4.78 is 1.06. The Labute approximate surface area is 145 Å². The number of carbonyl (C=O) groups excluding carboxylic acids is 2. The Kier molecular flexibility index (Phi) is 6.77. The van der Waals surface area contributed by atoms with Gasteiger partial charge in [-0.15, -0.1) is 0 Å². The first-order chi connectivity index (χ1) is 11.1. The first-order valence-electron chi connectivity index (χ1n) is 7.95. The van der Waals surface area contributed by atoms with Crippen LogP contribution in [-0.2, 0) is 16.0 Å². The fourth-order valence-corrected chi connectivity index (χ4v) is 2.74. The highest BCUT2D eigenvalue weighted by molar-refractivity contribution is 9.10. The van der Waals surface area contributed by atoms with Crippen LogP contribution in [0.15, 0.2) is 33.8 Å². The van der Waals surface area contributed by atoms with E-state index in [1.807, 2.05) is 19.1 Å².